The second-order valence-corrected chi connectivity index (χ2v) is 5.46. The predicted molar refractivity (Wildman–Crippen MR) is 83.2 cm³/mol. The van der Waals surface area contributed by atoms with E-state index in [0.717, 1.165) is 0 Å². The topological polar surface area (TPSA) is 107 Å². The van der Waals surface area contributed by atoms with Crippen LogP contribution in [0.4, 0.5) is 11.4 Å². The maximum absolute atomic E-state index is 12.0. The molecule has 0 radical (unpaired) electrons. The molecular formula is C13H18BrN3O4. The Bertz CT molecular complexity index is 536. The highest BCUT2D eigenvalue weighted by Gasteiger charge is 2.18. The van der Waals surface area contributed by atoms with Crippen molar-refractivity contribution in [3.63, 3.8) is 0 Å². The van der Waals surface area contributed by atoms with E-state index in [9.17, 15) is 14.9 Å². The summed E-state index contributed by atoms with van der Waals surface area (Å²) >= 11 is 3.27. The molecule has 0 aliphatic rings. The SMILES string of the molecule is COCCCC(N)C(=O)Nc1cc([N+](=O)[O-])c(C)cc1Br. The van der Waals surface area contributed by atoms with Crippen LogP contribution in [0.1, 0.15) is 18.4 Å². The number of hydrogen-bond acceptors (Lipinski definition) is 5. The predicted octanol–water partition coefficient (Wildman–Crippen LogP) is 2.36. The number of halogens is 1. The summed E-state index contributed by atoms with van der Waals surface area (Å²) in [4.78, 5) is 22.4. The van der Waals surface area contributed by atoms with Crippen molar-refractivity contribution in [3.05, 3.63) is 32.3 Å². The first-order chi connectivity index (χ1) is 9.86. The molecule has 0 bridgehead atoms. The van der Waals surface area contributed by atoms with Crippen molar-refractivity contribution in [1.82, 2.24) is 0 Å². The minimum atomic E-state index is -0.688. The lowest BCUT2D eigenvalue weighted by atomic mass is 10.1. The van der Waals surface area contributed by atoms with Crippen molar-refractivity contribution in [1.29, 1.82) is 0 Å². The van der Waals surface area contributed by atoms with E-state index in [-0.39, 0.29) is 11.6 Å². The molecule has 1 atom stereocenters. The van der Waals surface area contributed by atoms with E-state index in [4.69, 9.17) is 10.5 Å². The fraction of sp³-hybridized carbons (Fsp3) is 0.462. The Labute approximate surface area is 131 Å². The number of methoxy groups -OCH3 is 1. The quantitative estimate of drug-likeness (QED) is 0.441. The van der Waals surface area contributed by atoms with Gasteiger partial charge in [-0.05, 0) is 41.8 Å². The average molecular weight is 360 g/mol. The molecule has 0 heterocycles. The van der Waals surface area contributed by atoms with Crippen LogP contribution in [-0.2, 0) is 9.53 Å². The van der Waals surface area contributed by atoms with Gasteiger partial charge in [0, 0.05) is 29.8 Å². The summed E-state index contributed by atoms with van der Waals surface area (Å²) in [6, 6.07) is 2.22. The Morgan fingerprint density at radius 3 is 2.81 bits per heavy atom. The number of hydrogen-bond donors (Lipinski definition) is 2. The number of rotatable bonds is 7. The molecule has 0 fully saturated rings. The van der Waals surface area contributed by atoms with Gasteiger partial charge in [0.1, 0.15) is 0 Å². The van der Waals surface area contributed by atoms with E-state index in [1.54, 1.807) is 20.1 Å². The number of aryl methyl sites for hydroxylation is 1. The maximum Gasteiger partial charge on any atom is 0.274 e. The monoisotopic (exact) mass is 359 g/mol. The molecule has 1 amide bonds. The summed E-state index contributed by atoms with van der Waals surface area (Å²) in [6.45, 7) is 2.16. The summed E-state index contributed by atoms with van der Waals surface area (Å²) in [6.07, 6.45) is 1.14. The lowest BCUT2D eigenvalue weighted by Gasteiger charge is -2.13. The Morgan fingerprint density at radius 1 is 1.57 bits per heavy atom. The summed E-state index contributed by atoms with van der Waals surface area (Å²) in [7, 11) is 1.58. The van der Waals surface area contributed by atoms with Crippen molar-refractivity contribution in [2.75, 3.05) is 19.0 Å². The van der Waals surface area contributed by atoms with Crippen LogP contribution in [0.3, 0.4) is 0 Å². The third-order valence-electron chi connectivity index (χ3n) is 2.94. The molecule has 1 unspecified atom stereocenters. The van der Waals surface area contributed by atoms with Crippen LogP contribution in [0, 0.1) is 17.0 Å². The number of nitrogens with zero attached hydrogens (tertiary/aromatic N) is 1. The number of nitro benzene ring substituents is 1. The van der Waals surface area contributed by atoms with Crippen molar-refractivity contribution >= 4 is 33.2 Å². The number of anilines is 1. The number of carbonyl (C=O) groups excluding carboxylic acids is 1. The normalized spacial score (nSPS) is 12.0. The molecule has 1 aromatic carbocycles. The highest BCUT2D eigenvalue weighted by atomic mass is 79.9. The first-order valence-electron chi connectivity index (χ1n) is 6.36. The van der Waals surface area contributed by atoms with Gasteiger partial charge in [-0.2, -0.15) is 0 Å². The Kier molecular flexibility index (Phi) is 6.73. The van der Waals surface area contributed by atoms with Crippen molar-refractivity contribution in [3.8, 4) is 0 Å². The smallest absolute Gasteiger partial charge is 0.274 e. The minimum absolute atomic E-state index is 0.0542. The van der Waals surface area contributed by atoms with Gasteiger partial charge in [-0.15, -0.1) is 0 Å². The van der Waals surface area contributed by atoms with Gasteiger partial charge in [-0.3, -0.25) is 14.9 Å². The summed E-state index contributed by atoms with van der Waals surface area (Å²) in [5, 5.41) is 13.5. The number of amides is 1. The van der Waals surface area contributed by atoms with Crippen LogP contribution >= 0.6 is 15.9 Å². The lowest BCUT2D eigenvalue weighted by Crippen LogP contribution is -2.35. The summed E-state index contributed by atoms with van der Waals surface area (Å²) in [5.41, 5.74) is 6.55. The number of nitrogens with two attached hydrogens (primary N) is 1. The van der Waals surface area contributed by atoms with Crippen LogP contribution in [0.5, 0.6) is 0 Å². The van der Waals surface area contributed by atoms with Crippen LogP contribution in [0.2, 0.25) is 0 Å². The molecule has 116 valence electrons. The van der Waals surface area contributed by atoms with Gasteiger partial charge >= 0.3 is 0 Å². The van der Waals surface area contributed by atoms with Gasteiger partial charge in [-0.1, -0.05) is 0 Å². The van der Waals surface area contributed by atoms with Crippen LogP contribution in [0.15, 0.2) is 16.6 Å². The zero-order valence-corrected chi connectivity index (χ0v) is 13.5. The molecule has 21 heavy (non-hydrogen) atoms. The van der Waals surface area contributed by atoms with Crippen molar-refractivity contribution < 1.29 is 14.5 Å². The molecule has 3 N–H and O–H groups in total. The maximum atomic E-state index is 12.0. The first kappa shape index (κ1) is 17.5. The second-order valence-electron chi connectivity index (χ2n) is 4.61. The Balaban J connectivity index is 2.80. The Hall–Kier alpha value is -1.51. The Morgan fingerprint density at radius 2 is 2.24 bits per heavy atom. The molecule has 0 aromatic heterocycles. The van der Waals surface area contributed by atoms with Gasteiger partial charge in [0.2, 0.25) is 5.91 Å². The first-order valence-corrected chi connectivity index (χ1v) is 7.16. The molecule has 0 spiro atoms. The molecule has 1 aromatic rings. The van der Waals surface area contributed by atoms with Crippen molar-refractivity contribution in [2.24, 2.45) is 5.73 Å². The number of ether oxygens (including phenoxy) is 1. The van der Waals surface area contributed by atoms with E-state index in [1.165, 1.54) is 6.07 Å². The zero-order chi connectivity index (χ0) is 16.0. The third kappa shape index (κ3) is 5.07. The zero-order valence-electron chi connectivity index (χ0n) is 11.9. The third-order valence-corrected chi connectivity index (χ3v) is 3.60. The molecule has 1 rings (SSSR count). The largest absolute Gasteiger partial charge is 0.385 e. The van der Waals surface area contributed by atoms with E-state index in [0.29, 0.717) is 35.2 Å². The van der Waals surface area contributed by atoms with E-state index in [2.05, 4.69) is 21.2 Å². The molecule has 0 aliphatic heterocycles. The average Bonchev–Trinajstić information content (AvgIpc) is 2.41. The number of nitrogens with one attached hydrogen (secondary N) is 1. The van der Waals surface area contributed by atoms with Gasteiger partial charge in [0.05, 0.1) is 16.7 Å². The highest BCUT2D eigenvalue weighted by Crippen LogP contribution is 2.30. The molecule has 0 saturated heterocycles. The van der Waals surface area contributed by atoms with E-state index < -0.39 is 11.0 Å². The van der Waals surface area contributed by atoms with Gasteiger partial charge in [0.15, 0.2) is 0 Å². The van der Waals surface area contributed by atoms with Gasteiger partial charge in [-0.25, -0.2) is 0 Å². The van der Waals surface area contributed by atoms with Gasteiger partial charge < -0.3 is 15.8 Å². The standard InChI is InChI=1S/C13H18BrN3O4/c1-8-6-9(14)11(7-12(8)17(19)20)16-13(18)10(15)4-3-5-21-2/h6-7,10H,3-5,15H2,1-2H3,(H,16,18). The highest BCUT2D eigenvalue weighted by molar-refractivity contribution is 9.10. The number of nitro groups is 1. The number of carbonyl (C=O) groups is 1. The van der Waals surface area contributed by atoms with Crippen molar-refractivity contribution in [2.45, 2.75) is 25.8 Å². The van der Waals surface area contributed by atoms with Crippen LogP contribution in [0.25, 0.3) is 0 Å². The van der Waals surface area contributed by atoms with Crippen LogP contribution in [-0.4, -0.2) is 30.6 Å². The molecule has 7 nitrogen and oxygen atoms in total. The summed E-state index contributed by atoms with van der Waals surface area (Å²) in [5.74, 6) is -0.384. The van der Waals surface area contributed by atoms with Gasteiger partial charge in [0.25, 0.3) is 5.69 Å². The van der Waals surface area contributed by atoms with E-state index >= 15 is 0 Å². The second kappa shape index (κ2) is 8.06. The summed E-state index contributed by atoms with van der Waals surface area (Å²) < 4.78 is 5.47. The molecule has 8 heteroatoms. The molecule has 0 aliphatic carbocycles. The minimum Gasteiger partial charge on any atom is -0.385 e. The molecule has 0 saturated carbocycles. The van der Waals surface area contributed by atoms with E-state index in [1.807, 2.05) is 0 Å². The fourth-order valence-electron chi connectivity index (χ4n) is 1.76. The number of benzene rings is 1. The molecular weight excluding hydrogens is 342 g/mol. The lowest BCUT2D eigenvalue weighted by molar-refractivity contribution is -0.385. The fourth-order valence-corrected chi connectivity index (χ4v) is 2.31. The van der Waals surface area contributed by atoms with Crippen LogP contribution < -0.4 is 11.1 Å².